The monoisotopic (exact) mass is 889 g/mol. The zero-order valence-electron chi connectivity index (χ0n) is 36.1. The van der Waals surface area contributed by atoms with E-state index in [1.54, 1.807) is 13.6 Å². The summed E-state index contributed by atoms with van der Waals surface area (Å²) in [7, 11) is -0.714. The van der Waals surface area contributed by atoms with E-state index < -0.39 is 31.3 Å². The molecule has 11 rings (SSSR count). The van der Waals surface area contributed by atoms with Gasteiger partial charge in [0.05, 0.1) is 0 Å². The van der Waals surface area contributed by atoms with Gasteiger partial charge in [-0.3, -0.25) is 0 Å². The van der Waals surface area contributed by atoms with E-state index in [1.165, 1.54) is 89.0 Å². The number of allylic oxidation sites excluding steroid dienone is 2. The molecular weight excluding hydrogens is 840 g/mol. The van der Waals surface area contributed by atoms with Crippen LogP contribution >= 0.6 is 0 Å². The number of hydrogen-bond acceptors (Lipinski definition) is 0. The van der Waals surface area contributed by atoms with E-state index in [9.17, 15) is 0 Å². The fourth-order valence-electron chi connectivity index (χ4n) is 11.1. The summed E-state index contributed by atoms with van der Waals surface area (Å²) in [6.07, 6.45) is 5.27. The van der Waals surface area contributed by atoms with Gasteiger partial charge in [0.2, 0.25) is 0 Å². The minimum atomic E-state index is -3.16. The SMILES string of the molecule is CC(C)c1ccccc1-c1cccc2c1C=C(c1ccccc1)[CH]2[Zr]([c]1cccc2c1[SiH2]c1ccccc1-2)[CH]1C(c2ccccc2)=Cc2c(-c3ccccc3C(C)C)cccc21. The van der Waals surface area contributed by atoms with Crippen LogP contribution in [0.4, 0.5) is 0 Å². The molecule has 0 radical (unpaired) electrons. The summed E-state index contributed by atoms with van der Waals surface area (Å²) in [5, 5.41) is 3.29. The minimum absolute atomic E-state index is 0.292. The number of fused-ring (bicyclic) bond motifs is 5. The summed E-state index contributed by atoms with van der Waals surface area (Å²) in [5.74, 6) is 0.842. The Hall–Kier alpha value is -5.66. The van der Waals surface area contributed by atoms with Crippen LogP contribution in [-0.4, -0.2) is 9.52 Å². The molecule has 0 nitrogen and oxygen atoms in total. The fourth-order valence-corrected chi connectivity index (χ4v) is 24.9. The Labute approximate surface area is 378 Å². The van der Waals surface area contributed by atoms with Crippen LogP contribution in [0.1, 0.15) is 91.3 Å². The predicted octanol–water partition coefficient (Wildman–Crippen LogP) is 13.2. The van der Waals surface area contributed by atoms with Gasteiger partial charge in [-0.15, -0.1) is 0 Å². The Morgan fingerprint density at radius 2 is 0.806 bits per heavy atom. The van der Waals surface area contributed by atoms with Crippen molar-refractivity contribution in [3.05, 3.63) is 233 Å². The second-order valence-corrected chi connectivity index (χ2v) is 26.2. The summed E-state index contributed by atoms with van der Waals surface area (Å²) < 4.78 is 2.30. The molecule has 0 bridgehead atoms. The van der Waals surface area contributed by atoms with Gasteiger partial charge in [-0.2, -0.15) is 0 Å². The van der Waals surface area contributed by atoms with Gasteiger partial charge in [0, 0.05) is 0 Å². The van der Waals surface area contributed by atoms with E-state index in [0.29, 0.717) is 19.1 Å². The molecule has 2 heteroatoms. The standard InChI is InChI=1S/2C24H21.C12H9Si.Zr/c2*1-17(2)21-12-6-7-13-22(21)23-14-8-11-19-15-20(16-24(19)23)18-9-4-3-5-10-18;1-3-7-11-9(5-1)10-6-2-4-8-12(10)13-11;/h2*3-17H,1-2H3;1-7H,13H2;. The molecule has 0 saturated heterocycles. The molecule has 299 valence electrons. The molecule has 0 fully saturated rings. The second kappa shape index (κ2) is 16.2. The molecule has 0 spiro atoms. The van der Waals surface area contributed by atoms with Crippen LogP contribution in [-0.2, 0) is 21.8 Å². The summed E-state index contributed by atoms with van der Waals surface area (Å²) in [6, 6.07) is 72.5. The maximum atomic E-state index is 2.63. The molecule has 62 heavy (non-hydrogen) atoms. The molecule has 0 aromatic heterocycles. The van der Waals surface area contributed by atoms with Crippen molar-refractivity contribution >= 4 is 46.5 Å². The van der Waals surface area contributed by atoms with Crippen molar-refractivity contribution in [2.24, 2.45) is 0 Å². The van der Waals surface area contributed by atoms with E-state index >= 15 is 0 Å². The molecule has 2 aliphatic carbocycles. The molecule has 1 heterocycles. The Kier molecular flexibility index (Phi) is 10.3. The Morgan fingerprint density at radius 1 is 0.387 bits per heavy atom. The van der Waals surface area contributed by atoms with E-state index in [4.69, 9.17) is 0 Å². The van der Waals surface area contributed by atoms with Crippen LogP contribution in [0.5, 0.6) is 0 Å². The predicted molar refractivity (Wildman–Crippen MR) is 265 cm³/mol. The van der Waals surface area contributed by atoms with Gasteiger partial charge in [-0.1, -0.05) is 0 Å². The van der Waals surface area contributed by atoms with Crippen molar-refractivity contribution in [1.82, 2.24) is 0 Å². The zero-order chi connectivity index (χ0) is 41.9. The van der Waals surface area contributed by atoms with Crippen molar-refractivity contribution in [2.75, 3.05) is 0 Å². The summed E-state index contributed by atoms with van der Waals surface area (Å²) in [5.41, 5.74) is 22.8. The maximum absolute atomic E-state index is 3.16. The second-order valence-electron chi connectivity index (χ2n) is 18.0. The topological polar surface area (TPSA) is 0 Å². The van der Waals surface area contributed by atoms with Crippen molar-refractivity contribution < 1.29 is 21.8 Å². The fraction of sp³-hybridized carbons (Fsp3) is 0.133. The van der Waals surface area contributed by atoms with Gasteiger partial charge in [0.15, 0.2) is 0 Å². The molecule has 2 unspecified atom stereocenters. The van der Waals surface area contributed by atoms with Crippen LogP contribution in [0.3, 0.4) is 0 Å². The number of hydrogen-bond donors (Lipinski definition) is 0. The Morgan fingerprint density at radius 3 is 1.32 bits per heavy atom. The summed E-state index contributed by atoms with van der Waals surface area (Å²) in [6.45, 7) is 9.34. The molecular formula is C60H51SiZr. The van der Waals surface area contributed by atoms with Gasteiger partial charge in [0.25, 0.3) is 0 Å². The van der Waals surface area contributed by atoms with E-state index in [0.717, 1.165) is 0 Å². The van der Waals surface area contributed by atoms with Gasteiger partial charge < -0.3 is 0 Å². The van der Waals surface area contributed by atoms with Crippen LogP contribution in [0.15, 0.2) is 188 Å². The third-order valence-electron chi connectivity index (χ3n) is 13.9. The Bertz CT molecular complexity index is 2900. The average molecular weight is 891 g/mol. The van der Waals surface area contributed by atoms with Crippen molar-refractivity contribution in [3.8, 4) is 33.4 Å². The first-order valence-electron chi connectivity index (χ1n) is 22.5. The first-order chi connectivity index (χ1) is 30.5. The number of benzene rings is 8. The molecule has 3 aliphatic rings. The van der Waals surface area contributed by atoms with Crippen LogP contribution in [0, 0.1) is 0 Å². The summed E-state index contributed by atoms with van der Waals surface area (Å²) >= 11 is -3.16. The molecule has 8 aromatic rings. The van der Waals surface area contributed by atoms with E-state index in [2.05, 4.69) is 228 Å². The first kappa shape index (κ1) is 39.2. The normalized spacial score (nSPS) is 16.2. The average Bonchev–Trinajstić information content (AvgIpc) is 4.02. The third-order valence-corrected chi connectivity index (χ3v) is 25.6. The van der Waals surface area contributed by atoms with E-state index in [-0.39, 0.29) is 0 Å². The van der Waals surface area contributed by atoms with Crippen LogP contribution in [0.25, 0.3) is 56.7 Å². The Balaban J connectivity index is 1.22. The zero-order valence-corrected chi connectivity index (χ0v) is 39.9. The molecule has 0 N–H and O–H groups in total. The van der Waals surface area contributed by atoms with Gasteiger partial charge in [-0.05, 0) is 0 Å². The van der Waals surface area contributed by atoms with Crippen molar-refractivity contribution in [3.63, 3.8) is 0 Å². The third kappa shape index (κ3) is 6.58. The van der Waals surface area contributed by atoms with Crippen LogP contribution < -0.4 is 13.6 Å². The molecule has 0 amide bonds. The summed E-state index contributed by atoms with van der Waals surface area (Å²) in [4.78, 5) is 0. The van der Waals surface area contributed by atoms with Crippen molar-refractivity contribution in [1.29, 1.82) is 0 Å². The first-order valence-corrected chi connectivity index (χ1v) is 28.0. The molecule has 1 aliphatic heterocycles. The van der Waals surface area contributed by atoms with Gasteiger partial charge in [0.1, 0.15) is 0 Å². The van der Waals surface area contributed by atoms with Gasteiger partial charge in [-0.25, -0.2) is 0 Å². The number of rotatable bonds is 9. The quantitative estimate of drug-likeness (QED) is 0.127. The molecule has 0 saturated carbocycles. The van der Waals surface area contributed by atoms with Crippen LogP contribution in [0.2, 0.25) is 0 Å². The van der Waals surface area contributed by atoms with E-state index in [1.807, 2.05) is 0 Å². The van der Waals surface area contributed by atoms with Crippen molar-refractivity contribution in [2.45, 2.75) is 46.8 Å². The molecule has 8 aromatic carbocycles. The molecule has 2 atom stereocenters. The van der Waals surface area contributed by atoms with Gasteiger partial charge >= 0.3 is 381 Å².